The molecule has 0 bridgehead atoms. The molecule has 0 amide bonds. The summed E-state index contributed by atoms with van der Waals surface area (Å²) in [6, 6.07) is 0. The van der Waals surface area contributed by atoms with Crippen LogP contribution in [0.2, 0.25) is 0 Å². The highest BCUT2D eigenvalue weighted by Gasteiger charge is 2.59. The average molecular weight is 416 g/mol. The molecule has 0 saturated heterocycles. The summed E-state index contributed by atoms with van der Waals surface area (Å²) in [4.78, 5) is 0. The highest BCUT2D eigenvalue weighted by atomic mass is 16.4. The van der Waals surface area contributed by atoms with Crippen LogP contribution in [0.1, 0.15) is 98.8 Å². The van der Waals surface area contributed by atoms with E-state index >= 15 is 0 Å². The molecule has 0 aromatic rings. The van der Waals surface area contributed by atoms with Crippen LogP contribution in [0.4, 0.5) is 0 Å². The lowest BCUT2D eigenvalue weighted by Crippen LogP contribution is -2.51. The second kappa shape index (κ2) is 8.26. The number of aliphatic hydroxyl groups excluding tert-OH is 1. The molecule has 0 unspecified atom stereocenters. The topological polar surface area (TPSA) is 52.8 Å². The van der Waals surface area contributed by atoms with E-state index in [4.69, 9.17) is 0 Å². The van der Waals surface area contributed by atoms with Crippen molar-refractivity contribution in [1.82, 2.24) is 0 Å². The van der Waals surface area contributed by atoms with Gasteiger partial charge in [0.1, 0.15) is 0 Å². The molecule has 4 rings (SSSR count). The van der Waals surface area contributed by atoms with Gasteiger partial charge in [-0.2, -0.15) is 0 Å². The van der Waals surface area contributed by atoms with E-state index in [2.05, 4.69) is 45.9 Å². The number of hydrogen-bond acceptors (Lipinski definition) is 3. The Kier molecular flexibility index (Phi) is 6.16. The van der Waals surface area contributed by atoms with Crippen LogP contribution in [0.3, 0.4) is 0 Å². The van der Waals surface area contributed by atoms with Gasteiger partial charge in [-0.15, -0.1) is 0 Å². The normalized spacial score (nSPS) is 44.8. The third-order valence-corrected chi connectivity index (χ3v) is 10.4. The molecule has 8 atom stereocenters. The summed E-state index contributed by atoms with van der Waals surface area (Å²) in [5, 5.41) is 23.8. The average Bonchev–Trinajstić information content (AvgIpc) is 3.05. The number of nitrogens with zero attached hydrogens (tertiary/aromatic N) is 1. The third-order valence-electron chi connectivity index (χ3n) is 10.4. The standard InChI is InChI=1S/C27H45NO2/c1-17(2)6-11-25(28-30)18(3)22-9-10-23-21-8-7-19-16-20(29)12-14-26(19,4)24(21)13-15-27(22,23)5/h7,17-18,20-24,29-30H,6,8-16H2,1-5H3/t18-,20-,21-,22+,23-,24-,26-,27+/m0/s1. The fourth-order valence-electron chi connectivity index (χ4n) is 8.54. The minimum Gasteiger partial charge on any atom is -0.411 e. The molecule has 3 saturated carbocycles. The fourth-order valence-corrected chi connectivity index (χ4v) is 8.54. The van der Waals surface area contributed by atoms with Gasteiger partial charge in [-0.1, -0.05) is 51.4 Å². The van der Waals surface area contributed by atoms with Gasteiger partial charge in [0.25, 0.3) is 0 Å². The van der Waals surface area contributed by atoms with Gasteiger partial charge in [-0.3, -0.25) is 0 Å². The highest BCUT2D eigenvalue weighted by molar-refractivity contribution is 5.86. The van der Waals surface area contributed by atoms with Gasteiger partial charge in [0.2, 0.25) is 0 Å². The van der Waals surface area contributed by atoms with Crippen LogP contribution in [0.25, 0.3) is 0 Å². The minimum absolute atomic E-state index is 0.117. The zero-order valence-corrected chi connectivity index (χ0v) is 20.0. The SMILES string of the molecule is CC(C)CCC(=NO)[C@@H](C)[C@H]1CC[C@H]2[C@@H]3CC=C4C[C@@H](O)CC[C@]4(C)[C@H]3CC[C@]12C. The van der Waals surface area contributed by atoms with Gasteiger partial charge in [-0.25, -0.2) is 0 Å². The fraction of sp³-hybridized carbons (Fsp3) is 0.889. The van der Waals surface area contributed by atoms with Gasteiger partial charge in [-0.05, 0) is 105 Å². The minimum atomic E-state index is -0.117. The molecule has 170 valence electrons. The number of rotatable bonds is 5. The van der Waals surface area contributed by atoms with Gasteiger partial charge < -0.3 is 10.3 Å². The van der Waals surface area contributed by atoms with E-state index in [1.807, 2.05) is 0 Å². The van der Waals surface area contributed by atoms with Gasteiger partial charge in [0.05, 0.1) is 11.8 Å². The smallest absolute Gasteiger partial charge is 0.0601 e. The zero-order valence-electron chi connectivity index (χ0n) is 20.0. The van der Waals surface area contributed by atoms with E-state index in [1.165, 1.54) is 38.5 Å². The molecule has 30 heavy (non-hydrogen) atoms. The van der Waals surface area contributed by atoms with Crippen molar-refractivity contribution >= 4 is 5.71 Å². The first-order valence-corrected chi connectivity index (χ1v) is 12.8. The first-order valence-electron chi connectivity index (χ1n) is 12.8. The van der Waals surface area contributed by atoms with Crippen molar-refractivity contribution in [3.63, 3.8) is 0 Å². The van der Waals surface area contributed by atoms with Crippen molar-refractivity contribution in [3.05, 3.63) is 11.6 Å². The number of oxime groups is 1. The molecule has 4 aliphatic rings. The summed E-state index contributed by atoms with van der Waals surface area (Å²) >= 11 is 0. The van der Waals surface area contributed by atoms with Crippen molar-refractivity contribution in [2.45, 2.75) is 105 Å². The van der Waals surface area contributed by atoms with Crippen molar-refractivity contribution in [2.24, 2.45) is 51.5 Å². The maximum absolute atomic E-state index is 10.2. The number of hydrogen-bond donors (Lipinski definition) is 2. The van der Waals surface area contributed by atoms with Gasteiger partial charge >= 0.3 is 0 Å². The van der Waals surface area contributed by atoms with Crippen LogP contribution in [0, 0.1) is 46.3 Å². The van der Waals surface area contributed by atoms with Crippen LogP contribution in [0.15, 0.2) is 16.8 Å². The Bertz CT molecular complexity index is 697. The molecule has 3 heteroatoms. The first kappa shape index (κ1) is 22.4. The first-order chi connectivity index (χ1) is 14.2. The van der Waals surface area contributed by atoms with Crippen LogP contribution in [-0.4, -0.2) is 22.1 Å². The second-order valence-corrected chi connectivity index (χ2v) is 12.2. The summed E-state index contributed by atoms with van der Waals surface area (Å²) in [5.74, 6) is 4.08. The molecule has 0 spiro atoms. The molecule has 0 radical (unpaired) electrons. The van der Waals surface area contributed by atoms with Crippen molar-refractivity contribution in [2.75, 3.05) is 0 Å². The molecule has 0 aromatic heterocycles. The summed E-state index contributed by atoms with van der Waals surface area (Å²) in [5.41, 5.74) is 3.31. The number of allylic oxidation sites excluding steroid dienone is 1. The summed E-state index contributed by atoms with van der Waals surface area (Å²) < 4.78 is 0. The Balaban J connectivity index is 1.54. The lowest BCUT2D eigenvalue weighted by Gasteiger charge is -2.58. The Hall–Kier alpha value is -0.830. The Labute approximate surface area is 184 Å². The van der Waals surface area contributed by atoms with E-state index in [-0.39, 0.29) is 6.10 Å². The zero-order chi connectivity index (χ0) is 21.7. The summed E-state index contributed by atoms with van der Waals surface area (Å²) in [6.45, 7) is 11.9. The van der Waals surface area contributed by atoms with Crippen LogP contribution in [-0.2, 0) is 0 Å². The molecule has 0 aromatic carbocycles. The molecule has 0 aliphatic heterocycles. The Morgan fingerprint density at radius 2 is 1.87 bits per heavy atom. The second-order valence-electron chi connectivity index (χ2n) is 12.2. The van der Waals surface area contributed by atoms with Gasteiger partial charge in [0, 0.05) is 5.92 Å². The molecule has 4 aliphatic carbocycles. The molecule has 0 heterocycles. The molecule has 3 fully saturated rings. The summed E-state index contributed by atoms with van der Waals surface area (Å²) in [6.07, 6.45) is 14.0. The quantitative estimate of drug-likeness (QED) is 0.224. The lowest BCUT2D eigenvalue weighted by molar-refractivity contribution is -0.0533. The monoisotopic (exact) mass is 415 g/mol. The van der Waals surface area contributed by atoms with E-state index in [0.29, 0.717) is 28.6 Å². The third kappa shape index (κ3) is 3.57. The summed E-state index contributed by atoms with van der Waals surface area (Å²) in [7, 11) is 0. The Morgan fingerprint density at radius 1 is 1.10 bits per heavy atom. The largest absolute Gasteiger partial charge is 0.411 e. The van der Waals surface area contributed by atoms with Crippen LogP contribution >= 0.6 is 0 Å². The molecule has 2 N–H and O–H groups in total. The molecular weight excluding hydrogens is 370 g/mol. The van der Waals surface area contributed by atoms with E-state index in [0.717, 1.165) is 49.1 Å². The predicted molar refractivity (Wildman–Crippen MR) is 124 cm³/mol. The van der Waals surface area contributed by atoms with Gasteiger partial charge in [0.15, 0.2) is 0 Å². The van der Waals surface area contributed by atoms with Crippen LogP contribution < -0.4 is 0 Å². The molecular formula is C27H45NO2. The number of aliphatic hydroxyl groups is 1. The lowest BCUT2D eigenvalue weighted by atomic mass is 9.47. The van der Waals surface area contributed by atoms with Crippen molar-refractivity contribution in [3.8, 4) is 0 Å². The maximum Gasteiger partial charge on any atom is 0.0601 e. The molecule has 3 nitrogen and oxygen atoms in total. The van der Waals surface area contributed by atoms with Crippen LogP contribution in [0.5, 0.6) is 0 Å². The highest BCUT2D eigenvalue weighted by Crippen LogP contribution is 2.67. The number of fused-ring (bicyclic) bond motifs is 5. The van der Waals surface area contributed by atoms with Crippen molar-refractivity contribution in [1.29, 1.82) is 0 Å². The van der Waals surface area contributed by atoms with E-state index in [9.17, 15) is 10.3 Å². The van der Waals surface area contributed by atoms with E-state index in [1.54, 1.807) is 5.57 Å². The van der Waals surface area contributed by atoms with E-state index < -0.39 is 0 Å². The predicted octanol–water partition coefficient (Wildman–Crippen LogP) is 6.83. The Morgan fingerprint density at radius 3 is 2.57 bits per heavy atom. The maximum atomic E-state index is 10.2. The van der Waals surface area contributed by atoms with Crippen molar-refractivity contribution < 1.29 is 10.3 Å².